The Labute approximate surface area is 203 Å². The Morgan fingerprint density at radius 2 is 1.94 bits per heavy atom. The van der Waals surface area contributed by atoms with Gasteiger partial charge in [0.2, 0.25) is 0 Å². The molecule has 1 amide bonds. The quantitative estimate of drug-likeness (QED) is 0.272. The van der Waals surface area contributed by atoms with Crippen LogP contribution >= 0.6 is 11.8 Å². The fourth-order valence-corrected chi connectivity index (χ4v) is 4.24. The second-order valence-corrected chi connectivity index (χ2v) is 9.15. The second-order valence-electron chi connectivity index (χ2n) is 8.38. The lowest BCUT2D eigenvalue weighted by Crippen LogP contribution is -2.25. The molecule has 1 aromatic carbocycles. The summed E-state index contributed by atoms with van der Waals surface area (Å²) in [7, 11) is 0. The zero-order valence-corrected chi connectivity index (χ0v) is 20.5. The third-order valence-electron chi connectivity index (χ3n) is 5.30. The van der Waals surface area contributed by atoms with Gasteiger partial charge in [-0.1, -0.05) is 43.8 Å². The molecule has 4 rings (SSSR count). The first-order chi connectivity index (χ1) is 16.6. The first kappa shape index (κ1) is 23.7. The van der Waals surface area contributed by atoms with Crippen LogP contribution in [0.5, 0.6) is 0 Å². The van der Waals surface area contributed by atoms with Crippen molar-refractivity contribution >= 4 is 17.7 Å². The Morgan fingerprint density at radius 1 is 1.12 bits per heavy atom. The van der Waals surface area contributed by atoms with Crippen molar-refractivity contribution in [2.45, 2.75) is 38.4 Å². The molecule has 0 spiro atoms. The third kappa shape index (κ3) is 5.53. The van der Waals surface area contributed by atoms with Gasteiger partial charge in [-0.2, -0.15) is 5.10 Å². The molecule has 34 heavy (non-hydrogen) atoms. The van der Waals surface area contributed by atoms with E-state index in [2.05, 4.69) is 38.9 Å². The number of nitrogens with one attached hydrogen (secondary N) is 1. The Morgan fingerprint density at radius 3 is 2.65 bits per heavy atom. The van der Waals surface area contributed by atoms with Crippen LogP contribution in [0, 0.1) is 5.92 Å². The molecule has 0 saturated heterocycles. The average Bonchev–Trinajstić information content (AvgIpc) is 3.47. The van der Waals surface area contributed by atoms with Crippen LogP contribution in [0.25, 0.3) is 16.9 Å². The van der Waals surface area contributed by atoms with E-state index in [0.717, 1.165) is 41.6 Å². The summed E-state index contributed by atoms with van der Waals surface area (Å²) in [5.74, 6) is 1.31. The molecule has 0 aliphatic rings. The van der Waals surface area contributed by atoms with Gasteiger partial charge in [0, 0.05) is 43.7 Å². The molecule has 9 heteroatoms. The summed E-state index contributed by atoms with van der Waals surface area (Å²) in [4.78, 5) is 17.3. The predicted octanol–water partition coefficient (Wildman–Crippen LogP) is 4.27. The van der Waals surface area contributed by atoms with E-state index in [-0.39, 0.29) is 5.91 Å². The van der Waals surface area contributed by atoms with Gasteiger partial charge < -0.3 is 9.88 Å². The molecule has 3 heterocycles. The predicted molar refractivity (Wildman–Crippen MR) is 134 cm³/mol. The molecule has 0 unspecified atom stereocenters. The molecule has 8 nitrogen and oxygen atoms in total. The molecule has 4 aromatic rings. The lowest BCUT2D eigenvalue weighted by molar-refractivity contribution is 0.0953. The van der Waals surface area contributed by atoms with Crippen molar-refractivity contribution in [3.63, 3.8) is 0 Å². The molecule has 0 aliphatic carbocycles. The number of pyridine rings is 1. The number of thioether (sulfide) groups is 1. The highest BCUT2D eigenvalue weighted by Crippen LogP contribution is 2.23. The minimum absolute atomic E-state index is 0.158. The molecule has 0 radical (unpaired) electrons. The van der Waals surface area contributed by atoms with Crippen LogP contribution in [0.4, 0.5) is 0 Å². The van der Waals surface area contributed by atoms with E-state index in [0.29, 0.717) is 23.7 Å². The normalized spacial score (nSPS) is 11.2. The van der Waals surface area contributed by atoms with Crippen molar-refractivity contribution in [1.29, 1.82) is 0 Å². The van der Waals surface area contributed by atoms with E-state index in [1.54, 1.807) is 35.0 Å². The summed E-state index contributed by atoms with van der Waals surface area (Å²) in [6.45, 7) is 5.79. The van der Waals surface area contributed by atoms with Gasteiger partial charge in [0.15, 0.2) is 5.16 Å². The molecule has 1 N–H and O–H groups in total. The van der Waals surface area contributed by atoms with E-state index in [1.807, 2.05) is 48.7 Å². The van der Waals surface area contributed by atoms with Gasteiger partial charge in [-0.05, 0) is 42.9 Å². The Balaban J connectivity index is 1.46. The fraction of sp³-hybridized carbons (Fsp3) is 0.320. The van der Waals surface area contributed by atoms with E-state index >= 15 is 0 Å². The number of aryl methyl sites for hydroxylation is 1. The number of aromatic nitrogens is 6. The van der Waals surface area contributed by atoms with Crippen LogP contribution in [0.15, 0.2) is 66.2 Å². The number of benzene rings is 1. The van der Waals surface area contributed by atoms with Crippen molar-refractivity contribution in [2.75, 3.05) is 12.8 Å². The van der Waals surface area contributed by atoms with Crippen molar-refractivity contribution in [3.05, 3.63) is 72.4 Å². The Bertz CT molecular complexity index is 1220. The highest BCUT2D eigenvalue weighted by atomic mass is 32.2. The topological polar surface area (TPSA) is 90.5 Å². The van der Waals surface area contributed by atoms with Gasteiger partial charge in [0.05, 0.1) is 11.3 Å². The van der Waals surface area contributed by atoms with Crippen molar-refractivity contribution in [3.8, 4) is 16.9 Å². The molecule has 0 fully saturated rings. The molecule has 0 bridgehead atoms. The average molecular weight is 476 g/mol. The van der Waals surface area contributed by atoms with Crippen molar-refractivity contribution in [2.24, 2.45) is 5.92 Å². The van der Waals surface area contributed by atoms with Crippen LogP contribution in [0.2, 0.25) is 0 Å². The number of carbonyl (C=O) groups is 1. The molecular formula is C25H29N7OS. The molecule has 0 saturated carbocycles. The van der Waals surface area contributed by atoms with Crippen LogP contribution in [-0.2, 0) is 13.0 Å². The summed E-state index contributed by atoms with van der Waals surface area (Å²) in [6.07, 6.45) is 8.74. The van der Waals surface area contributed by atoms with E-state index < -0.39 is 0 Å². The molecule has 0 aliphatic heterocycles. The Hall–Kier alpha value is -3.46. The van der Waals surface area contributed by atoms with Crippen LogP contribution in [0.3, 0.4) is 0 Å². The number of rotatable bonds is 10. The highest BCUT2D eigenvalue weighted by molar-refractivity contribution is 7.98. The van der Waals surface area contributed by atoms with Gasteiger partial charge >= 0.3 is 0 Å². The number of hydrogen-bond acceptors (Lipinski definition) is 6. The Kier molecular flexibility index (Phi) is 7.74. The fourth-order valence-electron chi connectivity index (χ4n) is 3.72. The maximum atomic E-state index is 13.1. The SMILES string of the molecule is CSc1nnc(CCCNC(=O)c2cn(-c3ccccc3)nc2-c2cccnc2)n1CC(C)C. The third-order valence-corrected chi connectivity index (χ3v) is 5.97. The zero-order valence-electron chi connectivity index (χ0n) is 19.7. The second kappa shape index (κ2) is 11.1. The summed E-state index contributed by atoms with van der Waals surface area (Å²) in [5, 5.41) is 17.3. The number of para-hydroxylation sites is 1. The number of hydrogen-bond donors (Lipinski definition) is 1. The van der Waals surface area contributed by atoms with Crippen LogP contribution in [0.1, 0.15) is 36.5 Å². The van der Waals surface area contributed by atoms with E-state index in [1.165, 1.54) is 0 Å². The zero-order chi connectivity index (χ0) is 23.9. The number of carbonyl (C=O) groups excluding carboxylic acids is 1. The maximum Gasteiger partial charge on any atom is 0.255 e. The van der Waals surface area contributed by atoms with E-state index in [9.17, 15) is 4.79 Å². The number of nitrogens with zero attached hydrogens (tertiary/aromatic N) is 6. The maximum absolute atomic E-state index is 13.1. The highest BCUT2D eigenvalue weighted by Gasteiger charge is 2.19. The lowest BCUT2D eigenvalue weighted by Gasteiger charge is -2.11. The van der Waals surface area contributed by atoms with Crippen molar-refractivity contribution < 1.29 is 4.79 Å². The van der Waals surface area contributed by atoms with Gasteiger partial charge in [-0.25, -0.2) is 4.68 Å². The summed E-state index contributed by atoms with van der Waals surface area (Å²) in [5.41, 5.74) is 2.81. The number of amides is 1. The summed E-state index contributed by atoms with van der Waals surface area (Å²) in [6, 6.07) is 13.5. The first-order valence-electron chi connectivity index (χ1n) is 11.4. The van der Waals surface area contributed by atoms with Gasteiger partial charge in [-0.15, -0.1) is 10.2 Å². The van der Waals surface area contributed by atoms with Gasteiger partial charge in [0.25, 0.3) is 5.91 Å². The summed E-state index contributed by atoms with van der Waals surface area (Å²) >= 11 is 1.60. The van der Waals surface area contributed by atoms with Gasteiger partial charge in [0.1, 0.15) is 11.5 Å². The van der Waals surface area contributed by atoms with Gasteiger partial charge in [-0.3, -0.25) is 9.78 Å². The largest absolute Gasteiger partial charge is 0.352 e. The first-order valence-corrected chi connectivity index (χ1v) is 12.6. The standard InChI is InChI=1S/C25H29N7OS/c1-18(2)16-31-22(28-29-25(31)34-3)12-8-14-27-24(33)21-17-32(20-10-5-4-6-11-20)30-23(21)19-9-7-13-26-15-19/h4-7,9-11,13,15,17-18H,8,12,14,16H2,1-3H3,(H,27,33). The molecule has 176 valence electrons. The molecule has 3 aromatic heterocycles. The van der Waals surface area contributed by atoms with Crippen LogP contribution < -0.4 is 5.32 Å². The van der Waals surface area contributed by atoms with Crippen molar-refractivity contribution in [1.82, 2.24) is 34.8 Å². The monoisotopic (exact) mass is 475 g/mol. The molecular weight excluding hydrogens is 446 g/mol. The minimum atomic E-state index is -0.158. The minimum Gasteiger partial charge on any atom is -0.352 e. The smallest absolute Gasteiger partial charge is 0.255 e. The van der Waals surface area contributed by atoms with E-state index in [4.69, 9.17) is 5.10 Å². The van der Waals surface area contributed by atoms with Crippen LogP contribution in [-0.4, -0.2) is 48.2 Å². The molecule has 0 atom stereocenters. The lowest BCUT2D eigenvalue weighted by atomic mass is 10.1. The summed E-state index contributed by atoms with van der Waals surface area (Å²) < 4.78 is 3.91.